The van der Waals surface area contributed by atoms with E-state index >= 15 is 0 Å². The number of nitrogens with one attached hydrogen (secondary N) is 1. The van der Waals surface area contributed by atoms with Gasteiger partial charge in [0.1, 0.15) is 17.4 Å². The molecule has 0 unspecified atom stereocenters. The Morgan fingerprint density at radius 2 is 2.04 bits per heavy atom. The molecule has 7 nitrogen and oxygen atoms in total. The van der Waals surface area contributed by atoms with Crippen molar-refractivity contribution >= 4 is 33.8 Å². The summed E-state index contributed by atoms with van der Waals surface area (Å²) in [6.45, 7) is 2.28. The van der Waals surface area contributed by atoms with Crippen molar-refractivity contribution < 1.29 is 9.21 Å². The number of piperidine rings is 1. The fourth-order valence-corrected chi connectivity index (χ4v) is 3.39. The van der Waals surface area contributed by atoms with Crippen LogP contribution in [0.1, 0.15) is 12.8 Å². The summed E-state index contributed by atoms with van der Waals surface area (Å²) in [5.74, 6) is 0.894. The summed E-state index contributed by atoms with van der Waals surface area (Å²) >= 11 is 0. The highest BCUT2D eigenvalue weighted by Gasteiger charge is 2.23. The predicted molar refractivity (Wildman–Crippen MR) is 101 cm³/mol. The van der Waals surface area contributed by atoms with Gasteiger partial charge in [-0.25, -0.2) is 9.97 Å². The summed E-state index contributed by atoms with van der Waals surface area (Å²) in [5, 5.41) is 4.52. The quantitative estimate of drug-likeness (QED) is 0.776. The maximum atomic E-state index is 11.9. The molecule has 1 aliphatic heterocycles. The number of para-hydroxylation sites is 1. The molecule has 1 aliphatic rings. The molecule has 3 heterocycles. The van der Waals surface area contributed by atoms with Crippen LogP contribution in [0, 0.1) is 0 Å². The van der Waals surface area contributed by atoms with Gasteiger partial charge >= 0.3 is 0 Å². The van der Waals surface area contributed by atoms with E-state index in [1.54, 1.807) is 25.3 Å². The Morgan fingerprint density at radius 1 is 1.27 bits per heavy atom. The van der Waals surface area contributed by atoms with E-state index in [1.165, 1.54) is 0 Å². The molecule has 1 aromatic carbocycles. The number of nitrogens with zero attached hydrogens (tertiary/aromatic N) is 4. The molecular weight excluding hydrogens is 330 g/mol. The first-order valence-electron chi connectivity index (χ1n) is 8.93. The number of carbonyl (C=O) groups is 1. The lowest BCUT2D eigenvalue weighted by molar-refractivity contribution is -0.130. The number of aromatic nitrogens is 2. The number of carbonyl (C=O) groups excluding carboxylic acids is 1. The van der Waals surface area contributed by atoms with Gasteiger partial charge in [-0.3, -0.25) is 9.69 Å². The average Bonchev–Trinajstić information content (AvgIpc) is 3.03. The van der Waals surface area contributed by atoms with E-state index < -0.39 is 0 Å². The second-order valence-electron chi connectivity index (χ2n) is 6.98. The number of hydrogen-bond acceptors (Lipinski definition) is 6. The summed E-state index contributed by atoms with van der Waals surface area (Å²) in [4.78, 5) is 24.5. The zero-order valence-electron chi connectivity index (χ0n) is 15.1. The van der Waals surface area contributed by atoms with Crippen molar-refractivity contribution in [1.82, 2.24) is 19.8 Å². The molecule has 0 bridgehead atoms. The second-order valence-corrected chi connectivity index (χ2v) is 6.98. The Kier molecular flexibility index (Phi) is 4.46. The Labute approximate surface area is 152 Å². The van der Waals surface area contributed by atoms with E-state index in [2.05, 4.69) is 20.2 Å². The Hall–Kier alpha value is -2.67. The van der Waals surface area contributed by atoms with Crippen molar-refractivity contribution in [3.05, 3.63) is 30.6 Å². The first-order valence-corrected chi connectivity index (χ1v) is 8.93. The molecule has 0 spiro atoms. The van der Waals surface area contributed by atoms with Crippen molar-refractivity contribution in [2.75, 3.05) is 39.0 Å². The summed E-state index contributed by atoms with van der Waals surface area (Å²) < 4.78 is 5.98. The van der Waals surface area contributed by atoms with E-state index in [1.807, 2.05) is 24.3 Å². The third-order valence-electron chi connectivity index (χ3n) is 4.94. The van der Waals surface area contributed by atoms with Crippen LogP contribution in [-0.2, 0) is 4.79 Å². The van der Waals surface area contributed by atoms with Crippen LogP contribution < -0.4 is 5.32 Å². The smallest absolute Gasteiger partial charge is 0.236 e. The number of amides is 1. The number of likely N-dealkylation sites (N-methyl/N-ethyl adjacent to an activating group) is 1. The molecule has 0 aliphatic carbocycles. The maximum absolute atomic E-state index is 11.9. The zero-order valence-corrected chi connectivity index (χ0v) is 15.1. The lowest BCUT2D eigenvalue weighted by atomic mass is 10.0. The molecule has 1 fully saturated rings. The Morgan fingerprint density at radius 3 is 2.81 bits per heavy atom. The normalized spacial score (nSPS) is 16.2. The van der Waals surface area contributed by atoms with Crippen LogP contribution in [0.4, 0.5) is 5.82 Å². The maximum Gasteiger partial charge on any atom is 0.236 e. The van der Waals surface area contributed by atoms with E-state index in [0.29, 0.717) is 18.2 Å². The van der Waals surface area contributed by atoms with Gasteiger partial charge in [0, 0.05) is 38.6 Å². The predicted octanol–water partition coefficient (Wildman–Crippen LogP) is 2.34. The van der Waals surface area contributed by atoms with E-state index in [4.69, 9.17) is 4.42 Å². The molecular formula is C19H23N5O2. The average molecular weight is 353 g/mol. The van der Waals surface area contributed by atoms with Crippen LogP contribution in [0.2, 0.25) is 0 Å². The monoisotopic (exact) mass is 353 g/mol. The molecule has 136 valence electrons. The minimum absolute atomic E-state index is 0.149. The van der Waals surface area contributed by atoms with Gasteiger partial charge in [-0.1, -0.05) is 12.1 Å². The molecule has 1 amide bonds. The standard InChI is InChI=1S/C19H23N5O2/c1-23(2)16(25)11-24-9-7-13(8-10-24)22-19-18-17(20-12-21-19)14-5-3-4-6-15(14)26-18/h3-6,12-13H,7-11H2,1-2H3,(H,20,21,22). The highest BCUT2D eigenvalue weighted by Crippen LogP contribution is 2.31. The molecule has 7 heteroatoms. The van der Waals surface area contributed by atoms with Gasteiger partial charge in [0.25, 0.3) is 0 Å². The lowest BCUT2D eigenvalue weighted by Crippen LogP contribution is -2.44. The summed E-state index contributed by atoms with van der Waals surface area (Å²) in [6.07, 6.45) is 3.51. The molecule has 3 aromatic rings. The van der Waals surface area contributed by atoms with Crippen LogP contribution >= 0.6 is 0 Å². The highest BCUT2D eigenvalue weighted by molar-refractivity contribution is 6.05. The topological polar surface area (TPSA) is 74.5 Å². The van der Waals surface area contributed by atoms with Gasteiger partial charge in [-0.05, 0) is 25.0 Å². The minimum atomic E-state index is 0.149. The van der Waals surface area contributed by atoms with E-state index in [-0.39, 0.29) is 5.91 Å². The minimum Gasteiger partial charge on any atom is -0.450 e. The van der Waals surface area contributed by atoms with Crippen LogP contribution in [0.25, 0.3) is 22.1 Å². The molecule has 1 N–H and O–H groups in total. The van der Waals surface area contributed by atoms with Gasteiger partial charge in [-0.15, -0.1) is 0 Å². The number of benzene rings is 1. The molecule has 0 radical (unpaired) electrons. The summed E-state index contributed by atoms with van der Waals surface area (Å²) in [5.41, 5.74) is 2.37. The SMILES string of the molecule is CN(C)C(=O)CN1CCC(Nc2ncnc3c2oc2ccccc23)CC1. The zero-order chi connectivity index (χ0) is 18.1. The largest absolute Gasteiger partial charge is 0.450 e. The van der Waals surface area contributed by atoms with Gasteiger partial charge < -0.3 is 14.6 Å². The highest BCUT2D eigenvalue weighted by atomic mass is 16.3. The fourth-order valence-electron chi connectivity index (χ4n) is 3.39. The first-order chi connectivity index (χ1) is 12.6. The molecule has 4 rings (SSSR count). The van der Waals surface area contributed by atoms with Crippen LogP contribution in [0.3, 0.4) is 0 Å². The van der Waals surface area contributed by atoms with E-state index in [9.17, 15) is 4.79 Å². The van der Waals surface area contributed by atoms with Crippen LogP contribution in [-0.4, -0.2) is 65.4 Å². The fraction of sp³-hybridized carbons (Fsp3) is 0.421. The second kappa shape index (κ2) is 6.92. The Balaban J connectivity index is 1.46. The third kappa shape index (κ3) is 3.22. The molecule has 2 aromatic heterocycles. The van der Waals surface area contributed by atoms with Crippen molar-refractivity contribution in [1.29, 1.82) is 0 Å². The van der Waals surface area contributed by atoms with Crippen LogP contribution in [0.5, 0.6) is 0 Å². The Bertz CT molecular complexity index is 928. The van der Waals surface area contributed by atoms with Crippen molar-refractivity contribution in [2.24, 2.45) is 0 Å². The number of hydrogen-bond donors (Lipinski definition) is 1. The number of anilines is 1. The summed E-state index contributed by atoms with van der Waals surface area (Å²) in [7, 11) is 3.59. The molecule has 0 saturated carbocycles. The van der Waals surface area contributed by atoms with Crippen molar-refractivity contribution in [3.63, 3.8) is 0 Å². The number of rotatable bonds is 4. The summed E-state index contributed by atoms with van der Waals surface area (Å²) in [6, 6.07) is 8.21. The molecule has 26 heavy (non-hydrogen) atoms. The number of likely N-dealkylation sites (tertiary alicyclic amines) is 1. The van der Waals surface area contributed by atoms with Crippen molar-refractivity contribution in [3.8, 4) is 0 Å². The van der Waals surface area contributed by atoms with E-state index in [0.717, 1.165) is 48.2 Å². The number of fused-ring (bicyclic) bond motifs is 3. The van der Waals surface area contributed by atoms with Gasteiger partial charge in [0.05, 0.1) is 6.54 Å². The number of furan rings is 1. The molecule has 1 saturated heterocycles. The van der Waals surface area contributed by atoms with Gasteiger partial charge in [-0.2, -0.15) is 0 Å². The third-order valence-corrected chi connectivity index (χ3v) is 4.94. The lowest BCUT2D eigenvalue weighted by Gasteiger charge is -2.32. The van der Waals surface area contributed by atoms with Crippen molar-refractivity contribution in [2.45, 2.75) is 18.9 Å². The first kappa shape index (κ1) is 16.8. The molecule has 0 atom stereocenters. The van der Waals surface area contributed by atoms with Gasteiger partial charge in [0.15, 0.2) is 11.4 Å². The van der Waals surface area contributed by atoms with Crippen LogP contribution in [0.15, 0.2) is 35.0 Å². The van der Waals surface area contributed by atoms with Gasteiger partial charge in [0.2, 0.25) is 5.91 Å².